The number of nitro benzene ring substituents is 1. The van der Waals surface area contributed by atoms with Crippen LogP contribution in [-0.2, 0) is 12.6 Å². The van der Waals surface area contributed by atoms with Crippen LogP contribution in [0.2, 0.25) is 0 Å². The van der Waals surface area contributed by atoms with Gasteiger partial charge in [0.25, 0.3) is 5.69 Å². The monoisotopic (exact) mass is 367 g/mol. The lowest BCUT2D eigenvalue weighted by atomic mass is 10.1. The molecule has 0 bridgehead atoms. The largest absolute Gasteiger partial charge is 0.497 e. The number of hydrogen-bond donors (Lipinski definition) is 1. The van der Waals surface area contributed by atoms with Crippen LogP contribution in [0.1, 0.15) is 18.1 Å². The minimum Gasteiger partial charge on any atom is -0.497 e. The number of hydrogen-bond acceptors (Lipinski definition) is 5. The first-order valence-corrected chi connectivity index (χ1v) is 7.48. The van der Waals surface area contributed by atoms with Crippen LogP contribution in [-0.4, -0.2) is 17.7 Å². The molecule has 2 aromatic rings. The number of alkyl halides is 3. The van der Waals surface area contributed by atoms with E-state index in [1.54, 1.807) is 26.2 Å². The zero-order valence-electron chi connectivity index (χ0n) is 14.0. The van der Waals surface area contributed by atoms with Gasteiger partial charge >= 0.3 is 6.18 Å². The van der Waals surface area contributed by atoms with E-state index in [1.807, 2.05) is 12.1 Å². The Hall–Kier alpha value is -3.10. The molecular formula is C17H16F3N3O3. The second-order valence-electron chi connectivity index (χ2n) is 5.47. The number of halogens is 3. The van der Waals surface area contributed by atoms with Gasteiger partial charge in [0.05, 0.1) is 17.6 Å². The Kier molecular flexibility index (Phi) is 5.81. The Morgan fingerprint density at radius 2 is 1.88 bits per heavy atom. The first kappa shape index (κ1) is 19.2. The van der Waals surface area contributed by atoms with Crippen molar-refractivity contribution in [3.05, 3.63) is 63.7 Å². The highest BCUT2D eigenvalue weighted by Crippen LogP contribution is 2.34. The minimum atomic E-state index is -4.66. The summed E-state index contributed by atoms with van der Waals surface area (Å²) in [5.41, 5.74) is 2.12. The second kappa shape index (κ2) is 7.85. The summed E-state index contributed by atoms with van der Waals surface area (Å²) >= 11 is 0. The Morgan fingerprint density at radius 1 is 1.23 bits per heavy atom. The van der Waals surface area contributed by atoms with Crippen molar-refractivity contribution < 1.29 is 22.8 Å². The highest BCUT2D eigenvalue weighted by atomic mass is 19.4. The molecule has 2 rings (SSSR count). The van der Waals surface area contributed by atoms with E-state index in [2.05, 4.69) is 10.5 Å². The highest BCUT2D eigenvalue weighted by molar-refractivity contribution is 5.85. The van der Waals surface area contributed by atoms with Crippen molar-refractivity contribution in [2.75, 3.05) is 12.5 Å². The molecule has 0 radical (unpaired) electrons. The van der Waals surface area contributed by atoms with Crippen molar-refractivity contribution in [2.45, 2.75) is 19.5 Å². The van der Waals surface area contributed by atoms with Crippen molar-refractivity contribution in [1.29, 1.82) is 0 Å². The number of anilines is 1. The van der Waals surface area contributed by atoms with E-state index in [0.717, 1.165) is 17.7 Å². The lowest BCUT2D eigenvalue weighted by molar-refractivity contribution is -0.384. The second-order valence-corrected chi connectivity index (χ2v) is 5.47. The molecule has 6 nitrogen and oxygen atoms in total. The molecule has 0 aliphatic heterocycles. The van der Waals surface area contributed by atoms with Crippen LogP contribution in [0.3, 0.4) is 0 Å². The fourth-order valence-electron chi connectivity index (χ4n) is 2.19. The Labute approximate surface area is 147 Å². The van der Waals surface area contributed by atoms with Gasteiger partial charge in [0.15, 0.2) is 0 Å². The van der Waals surface area contributed by atoms with Gasteiger partial charge in [-0.05, 0) is 36.8 Å². The molecule has 0 saturated carbocycles. The zero-order valence-corrected chi connectivity index (χ0v) is 14.0. The molecule has 0 saturated heterocycles. The number of nitrogens with one attached hydrogen (secondary N) is 1. The number of nitrogens with zero attached hydrogens (tertiary/aromatic N) is 2. The van der Waals surface area contributed by atoms with Crippen LogP contribution in [0, 0.1) is 10.1 Å². The molecule has 0 aromatic heterocycles. The maximum atomic E-state index is 12.7. The fraction of sp³-hybridized carbons (Fsp3) is 0.235. The molecule has 0 fully saturated rings. The normalized spacial score (nSPS) is 12.0. The third-order valence-corrected chi connectivity index (χ3v) is 3.51. The molecular weight excluding hydrogens is 351 g/mol. The molecule has 0 aliphatic carbocycles. The number of ether oxygens (including phenoxy) is 1. The van der Waals surface area contributed by atoms with Crippen molar-refractivity contribution in [3.8, 4) is 5.75 Å². The van der Waals surface area contributed by atoms with Gasteiger partial charge < -0.3 is 4.74 Å². The van der Waals surface area contributed by atoms with Crippen molar-refractivity contribution >= 4 is 17.1 Å². The van der Waals surface area contributed by atoms with E-state index in [9.17, 15) is 23.3 Å². The molecule has 0 aliphatic rings. The summed E-state index contributed by atoms with van der Waals surface area (Å²) in [6, 6.07) is 9.51. The summed E-state index contributed by atoms with van der Waals surface area (Å²) in [4.78, 5) is 10.2. The highest BCUT2D eigenvalue weighted by Gasteiger charge is 2.33. The molecule has 0 heterocycles. The third-order valence-electron chi connectivity index (χ3n) is 3.51. The zero-order chi connectivity index (χ0) is 19.3. The standard InChI is InChI=1S/C17H16F3N3O3/c1-11(9-12-3-6-14(26-2)7-4-12)21-22-15-8-5-13(17(18,19)20)10-16(15)23(24)25/h3-8,10,22H,9H2,1-2H3/b21-11+. The lowest BCUT2D eigenvalue weighted by Crippen LogP contribution is -2.07. The minimum absolute atomic E-state index is 0.114. The summed E-state index contributed by atoms with van der Waals surface area (Å²) in [5.74, 6) is 0.710. The molecule has 2 aromatic carbocycles. The Bertz CT molecular complexity index is 818. The van der Waals surface area contributed by atoms with Gasteiger partial charge in [0, 0.05) is 18.2 Å². The SMILES string of the molecule is COc1ccc(C/C(C)=N/Nc2ccc(C(F)(F)F)cc2[N+](=O)[O-])cc1. The Morgan fingerprint density at radius 3 is 2.42 bits per heavy atom. The molecule has 0 atom stereocenters. The van der Waals surface area contributed by atoms with Crippen LogP contribution >= 0.6 is 0 Å². The maximum Gasteiger partial charge on any atom is 0.416 e. The predicted octanol–water partition coefficient (Wildman–Crippen LogP) is 4.65. The molecule has 0 spiro atoms. The lowest BCUT2D eigenvalue weighted by Gasteiger charge is -2.09. The molecule has 0 amide bonds. The maximum absolute atomic E-state index is 12.7. The number of hydrazone groups is 1. The van der Waals surface area contributed by atoms with Crippen LogP contribution in [0.4, 0.5) is 24.5 Å². The van der Waals surface area contributed by atoms with Gasteiger partial charge in [0.1, 0.15) is 11.4 Å². The van der Waals surface area contributed by atoms with Crippen molar-refractivity contribution in [3.63, 3.8) is 0 Å². The van der Waals surface area contributed by atoms with Crippen molar-refractivity contribution in [1.82, 2.24) is 0 Å². The van der Waals surface area contributed by atoms with Crippen LogP contribution in [0.5, 0.6) is 5.75 Å². The van der Waals surface area contributed by atoms with Gasteiger partial charge in [-0.15, -0.1) is 0 Å². The smallest absolute Gasteiger partial charge is 0.416 e. The van der Waals surface area contributed by atoms with Crippen molar-refractivity contribution in [2.24, 2.45) is 5.10 Å². The van der Waals surface area contributed by atoms with Gasteiger partial charge in [0.2, 0.25) is 0 Å². The average Bonchev–Trinajstić information content (AvgIpc) is 2.59. The molecule has 26 heavy (non-hydrogen) atoms. The van der Waals surface area contributed by atoms with E-state index >= 15 is 0 Å². The number of methoxy groups -OCH3 is 1. The Balaban J connectivity index is 2.16. The first-order valence-electron chi connectivity index (χ1n) is 7.48. The van der Waals surface area contributed by atoms with E-state index in [1.165, 1.54) is 0 Å². The van der Waals surface area contributed by atoms with Gasteiger partial charge in [-0.1, -0.05) is 12.1 Å². The van der Waals surface area contributed by atoms with Crippen LogP contribution in [0.25, 0.3) is 0 Å². The van der Waals surface area contributed by atoms with Crippen LogP contribution < -0.4 is 10.2 Å². The molecule has 0 unspecified atom stereocenters. The van der Waals surface area contributed by atoms with E-state index in [4.69, 9.17) is 4.74 Å². The van der Waals surface area contributed by atoms with Gasteiger partial charge in [-0.25, -0.2) is 0 Å². The molecule has 9 heteroatoms. The summed E-state index contributed by atoms with van der Waals surface area (Å²) in [7, 11) is 1.56. The van der Waals surface area contributed by atoms with Crippen LogP contribution in [0.15, 0.2) is 47.6 Å². The number of benzene rings is 2. The van der Waals surface area contributed by atoms with E-state index in [-0.39, 0.29) is 5.69 Å². The number of nitro groups is 1. The quantitative estimate of drug-likeness (QED) is 0.458. The summed E-state index contributed by atoms with van der Waals surface area (Å²) in [5, 5.41) is 15.1. The first-order chi connectivity index (χ1) is 12.2. The third kappa shape index (κ3) is 4.95. The fourth-order valence-corrected chi connectivity index (χ4v) is 2.19. The molecule has 1 N–H and O–H groups in total. The summed E-state index contributed by atoms with van der Waals surface area (Å²) < 4.78 is 43.1. The topological polar surface area (TPSA) is 76.8 Å². The number of rotatable bonds is 6. The van der Waals surface area contributed by atoms with Gasteiger partial charge in [-0.3, -0.25) is 15.5 Å². The van der Waals surface area contributed by atoms with E-state index < -0.39 is 22.4 Å². The average molecular weight is 367 g/mol. The van der Waals surface area contributed by atoms with Gasteiger partial charge in [-0.2, -0.15) is 18.3 Å². The van der Waals surface area contributed by atoms with E-state index in [0.29, 0.717) is 23.9 Å². The summed E-state index contributed by atoms with van der Waals surface area (Å²) in [6.07, 6.45) is -4.19. The summed E-state index contributed by atoms with van der Waals surface area (Å²) in [6.45, 7) is 1.70. The molecule has 138 valence electrons. The predicted molar refractivity (Wildman–Crippen MR) is 91.5 cm³/mol.